The van der Waals surface area contributed by atoms with Crippen molar-refractivity contribution in [3.05, 3.63) is 108 Å². The second kappa shape index (κ2) is 8.87. The number of piperidine rings is 1. The second-order valence-corrected chi connectivity index (χ2v) is 9.42. The molecule has 0 bridgehead atoms. The average molecular weight is 463 g/mol. The maximum absolute atomic E-state index is 13.0. The van der Waals surface area contributed by atoms with Crippen LogP contribution in [0.3, 0.4) is 0 Å². The molecule has 4 aromatic rings. The summed E-state index contributed by atoms with van der Waals surface area (Å²) in [4.78, 5) is 31.7. The molecule has 1 aliphatic heterocycles. The number of rotatable bonds is 5. The van der Waals surface area contributed by atoms with E-state index in [2.05, 4.69) is 27.8 Å². The van der Waals surface area contributed by atoms with Crippen molar-refractivity contribution >= 4 is 28.4 Å². The molecule has 0 radical (unpaired) electrons. The molecule has 2 unspecified atom stereocenters. The minimum atomic E-state index is -0.208. The molecular weight excluding hydrogens is 436 g/mol. The largest absolute Gasteiger partial charge is 0.338 e. The minimum absolute atomic E-state index is 0.0658. The molecular formula is C29H26N4O2. The third-order valence-electron chi connectivity index (χ3n) is 7.16. The number of benzene rings is 3. The minimum Gasteiger partial charge on any atom is -0.338 e. The molecule has 3 aromatic carbocycles. The van der Waals surface area contributed by atoms with Gasteiger partial charge in [0.1, 0.15) is 0 Å². The van der Waals surface area contributed by atoms with Gasteiger partial charge < -0.3 is 15.5 Å². The summed E-state index contributed by atoms with van der Waals surface area (Å²) in [6.07, 6.45) is 4.36. The Hall–Kier alpha value is -4.19. The molecule has 1 aliphatic carbocycles. The molecule has 174 valence electrons. The molecule has 6 heteroatoms. The first kappa shape index (κ1) is 21.4. The summed E-state index contributed by atoms with van der Waals surface area (Å²) < 4.78 is 0. The quantitative estimate of drug-likeness (QED) is 0.451. The van der Waals surface area contributed by atoms with Crippen molar-refractivity contribution in [2.45, 2.75) is 12.5 Å². The predicted molar refractivity (Wildman–Crippen MR) is 136 cm³/mol. The van der Waals surface area contributed by atoms with E-state index in [0.717, 1.165) is 28.4 Å². The van der Waals surface area contributed by atoms with Gasteiger partial charge in [0, 0.05) is 59.7 Å². The average Bonchev–Trinajstić information content (AvgIpc) is 3.31. The number of aromatic nitrogens is 1. The Kier molecular flexibility index (Phi) is 5.41. The molecule has 1 saturated heterocycles. The van der Waals surface area contributed by atoms with Crippen molar-refractivity contribution < 1.29 is 9.59 Å². The summed E-state index contributed by atoms with van der Waals surface area (Å²) in [6, 6.07) is 25.8. The number of carbonyl (C=O) groups excluding carboxylic acids is 2. The van der Waals surface area contributed by atoms with Gasteiger partial charge in [0.2, 0.25) is 0 Å². The van der Waals surface area contributed by atoms with Gasteiger partial charge in [0.15, 0.2) is 0 Å². The molecule has 2 N–H and O–H groups in total. The molecule has 1 aromatic heterocycles. The lowest BCUT2D eigenvalue weighted by molar-refractivity contribution is 0.0772. The number of fused-ring (bicyclic) bond motifs is 2. The summed E-state index contributed by atoms with van der Waals surface area (Å²) in [5.41, 5.74) is 3.93. The van der Waals surface area contributed by atoms with E-state index in [1.165, 1.54) is 11.1 Å². The van der Waals surface area contributed by atoms with E-state index in [-0.39, 0.29) is 18.0 Å². The van der Waals surface area contributed by atoms with E-state index in [1.54, 1.807) is 12.4 Å². The molecule has 3 amide bonds. The van der Waals surface area contributed by atoms with Crippen molar-refractivity contribution in [2.24, 2.45) is 11.8 Å². The molecule has 0 spiro atoms. The SMILES string of the molecule is O=C(Nc1cccc2cnccc12)NC1C2CN(C(=O)c3ccc(Cc4ccccc4)cc3)CC21. The lowest BCUT2D eigenvalue weighted by Crippen LogP contribution is -2.39. The van der Waals surface area contributed by atoms with Crippen LogP contribution in [0.4, 0.5) is 10.5 Å². The summed E-state index contributed by atoms with van der Waals surface area (Å²) >= 11 is 0. The van der Waals surface area contributed by atoms with Crippen LogP contribution in [0.25, 0.3) is 10.8 Å². The van der Waals surface area contributed by atoms with Crippen molar-refractivity contribution in [3.63, 3.8) is 0 Å². The third-order valence-corrected chi connectivity index (χ3v) is 7.16. The summed E-state index contributed by atoms with van der Waals surface area (Å²) in [7, 11) is 0. The fraction of sp³-hybridized carbons (Fsp3) is 0.207. The Balaban J connectivity index is 1.02. The number of amides is 3. The van der Waals surface area contributed by atoms with Gasteiger partial charge in [-0.3, -0.25) is 9.78 Å². The maximum atomic E-state index is 13.0. The molecule has 2 heterocycles. The number of hydrogen-bond donors (Lipinski definition) is 2. The number of nitrogens with zero attached hydrogens (tertiary/aromatic N) is 2. The number of likely N-dealkylation sites (tertiary alicyclic amines) is 1. The third kappa shape index (κ3) is 4.35. The van der Waals surface area contributed by atoms with Crippen molar-refractivity contribution in [1.29, 1.82) is 0 Å². The highest BCUT2D eigenvalue weighted by atomic mass is 16.2. The Labute approximate surface area is 204 Å². The standard InChI is InChI=1S/C29H26N4O2/c34-28(21-11-9-20(10-12-21)15-19-5-2-1-3-6-19)33-17-24-25(18-33)27(24)32-29(35)31-26-8-4-7-22-16-30-14-13-23(22)26/h1-14,16,24-25,27H,15,17-18H2,(H2,31,32,35). The molecule has 6 rings (SSSR count). The van der Waals surface area contributed by atoms with Crippen molar-refractivity contribution in [1.82, 2.24) is 15.2 Å². The maximum Gasteiger partial charge on any atom is 0.319 e. The van der Waals surface area contributed by atoms with Gasteiger partial charge in [-0.15, -0.1) is 0 Å². The van der Waals surface area contributed by atoms with Crippen LogP contribution < -0.4 is 10.6 Å². The zero-order valence-corrected chi connectivity index (χ0v) is 19.2. The second-order valence-electron chi connectivity index (χ2n) is 9.42. The molecule has 35 heavy (non-hydrogen) atoms. The van der Waals surface area contributed by atoms with E-state index in [1.807, 2.05) is 71.6 Å². The Morgan fingerprint density at radius 3 is 2.37 bits per heavy atom. The van der Waals surface area contributed by atoms with Crippen LogP contribution in [0.5, 0.6) is 0 Å². The first-order valence-electron chi connectivity index (χ1n) is 12.0. The first-order chi connectivity index (χ1) is 17.2. The van der Waals surface area contributed by atoms with Crippen molar-refractivity contribution in [2.75, 3.05) is 18.4 Å². The zero-order chi connectivity index (χ0) is 23.8. The fourth-order valence-electron chi connectivity index (χ4n) is 5.23. The van der Waals surface area contributed by atoms with Gasteiger partial charge in [-0.1, -0.05) is 54.6 Å². The van der Waals surface area contributed by atoms with Crippen LogP contribution in [0.2, 0.25) is 0 Å². The van der Waals surface area contributed by atoms with E-state index < -0.39 is 0 Å². The monoisotopic (exact) mass is 462 g/mol. The van der Waals surface area contributed by atoms with E-state index >= 15 is 0 Å². The number of hydrogen-bond acceptors (Lipinski definition) is 3. The first-order valence-corrected chi connectivity index (χ1v) is 12.0. The number of nitrogens with one attached hydrogen (secondary N) is 2. The van der Waals surface area contributed by atoms with Crippen LogP contribution in [0, 0.1) is 11.8 Å². The molecule has 6 nitrogen and oxygen atoms in total. The highest BCUT2D eigenvalue weighted by Gasteiger charge is 2.57. The summed E-state index contributed by atoms with van der Waals surface area (Å²) in [6.45, 7) is 1.36. The van der Waals surface area contributed by atoms with Gasteiger partial charge in [0.25, 0.3) is 5.91 Å². The molecule has 2 aliphatic rings. The number of carbonyl (C=O) groups is 2. The predicted octanol–water partition coefficient (Wildman–Crippen LogP) is 4.72. The smallest absolute Gasteiger partial charge is 0.319 e. The van der Waals surface area contributed by atoms with E-state index in [9.17, 15) is 9.59 Å². The van der Waals surface area contributed by atoms with Crippen LogP contribution in [-0.4, -0.2) is 41.0 Å². The highest BCUT2D eigenvalue weighted by molar-refractivity contribution is 6.01. The van der Waals surface area contributed by atoms with E-state index in [0.29, 0.717) is 24.9 Å². The number of pyridine rings is 1. The lowest BCUT2D eigenvalue weighted by Gasteiger charge is -2.20. The Bertz CT molecular complexity index is 1370. The Morgan fingerprint density at radius 1 is 0.857 bits per heavy atom. The van der Waals surface area contributed by atoms with Crippen LogP contribution in [0.1, 0.15) is 21.5 Å². The van der Waals surface area contributed by atoms with Crippen LogP contribution >= 0.6 is 0 Å². The molecule has 2 fully saturated rings. The van der Waals surface area contributed by atoms with Crippen LogP contribution in [0.15, 0.2) is 91.3 Å². The summed E-state index contributed by atoms with van der Waals surface area (Å²) in [5, 5.41) is 8.01. The summed E-state index contributed by atoms with van der Waals surface area (Å²) in [5.74, 6) is 0.702. The number of anilines is 1. The topological polar surface area (TPSA) is 74.3 Å². The molecule has 2 atom stereocenters. The highest BCUT2D eigenvalue weighted by Crippen LogP contribution is 2.45. The van der Waals surface area contributed by atoms with Gasteiger partial charge in [-0.2, -0.15) is 0 Å². The molecule has 1 saturated carbocycles. The van der Waals surface area contributed by atoms with Gasteiger partial charge >= 0.3 is 6.03 Å². The van der Waals surface area contributed by atoms with E-state index in [4.69, 9.17) is 0 Å². The van der Waals surface area contributed by atoms with Gasteiger partial charge in [0.05, 0.1) is 5.69 Å². The number of urea groups is 1. The van der Waals surface area contributed by atoms with Crippen LogP contribution in [-0.2, 0) is 6.42 Å². The van der Waals surface area contributed by atoms with Gasteiger partial charge in [-0.25, -0.2) is 4.79 Å². The lowest BCUT2D eigenvalue weighted by atomic mass is 10.0. The normalized spacial score (nSPS) is 20.3. The van der Waals surface area contributed by atoms with Gasteiger partial charge in [-0.05, 0) is 41.8 Å². The Morgan fingerprint density at radius 2 is 1.60 bits per heavy atom. The zero-order valence-electron chi connectivity index (χ0n) is 19.2. The fourth-order valence-corrected chi connectivity index (χ4v) is 5.23. The van der Waals surface area contributed by atoms with Crippen molar-refractivity contribution in [3.8, 4) is 0 Å².